The van der Waals surface area contributed by atoms with Crippen molar-refractivity contribution in [1.82, 2.24) is 0 Å². The van der Waals surface area contributed by atoms with E-state index in [2.05, 4.69) is 20.8 Å². The summed E-state index contributed by atoms with van der Waals surface area (Å²) in [5.41, 5.74) is 5.30. The van der Waals surface area contributed by atoms with Crippen LogP contribution >= 0.6 is 0 Å². The van der Waals surface area contributed by atoms with Crippen molar-refractivity contribution in [2.75, 3.05) is 6.61 Å². The second kappa shape index (κ2) is 2.08. The van der Waals surface area contributed by atoms with E-state index in [1.165, 1.54) is 0 Å². The molecular weight excluding hydrogens is 166 g/mol. The molecule has 0 aromatic carbocycles. The minimum atomic E-state index is -0.750. The molecule has 0 aromatic heterocycles. The summed E-state index contributed by atoms with van der Waals surface area (Å²) in [6.45, 7) is 6.85. The number of hydrogen-bond donors (Lipinski definition) is 1. The van der Waals surface area contributed by atoms with Crippen LogP contribution in [0.2, 0.25) is 0 Å². The second-order valence-electron chi connectivity index (χ2n) is 5.23. The van der Waals surface area contributed by atoms with E-state index in [-0.39, 0.29) is 16.8 Å². The van der Waals surface area contributed by atoms with E-state index in [1.54, 1.807) is 0 Å². The Kier molecular flexibility index (Phi) is 1.44. The molecule has 13 heavy (non-hydrogen) atoms. The number of carbonyl (C=O) groups is 1. The summed E-state index contributed by atoms with van der Waals surface area (Å²) in [5.74, 6) is -0.215. The Labute approximate surface area is 78.6 Å². The van der Waals surface area contributed by atoms with Gasteiger partial charge in [-0.1, -0.05) is 20.8 Å². The highest BCUT2D eigenvalue weighted by Gasteiger charge is 2.66. The molecule has 1 saturated heterocycles. The van der Waals surface area contributed by atoms with Crippen LogP contribution in [0, 0.1) is 10.8 Å². The first kappa shape index (κ1) is 9.00. The predicted octanol–water partition coefficient (Wildman–Crippen LogP) is 1.07. The second-order valence-corrected chi connectivity index (χ2v) is 5.23. The maximum Gasteiger partial charge on any atom is 0.326 e. The van der Waals surface area contributed by atoms with Gasteiger partial charge in [0.1, 0.15) is 5.54 Å². The third kappa shape index (κ3) is 0.766. The SMILES string of the molecule is CC1(C)[C@@]2(C)CC[C@]1(N)C(=O)OC2. The van der Waals surface area contributed by atoms with Gasteiger partial charge in [-0.25, -0.2) is 0 Å². The van der Waals surface area contributed by atoms with Crippen LogP contribution in [0.5, 0.6) is 0 Å². The van der Waals surface area contributed by atoms with Crippen molar-refractivity contribution in [1.29, 1.82) is 0 Å². The lowest BCUT2D eigenvalue weighted by atomic mass is 9.62. The Morgan fingerprint density at radius 1 is 1.31 bits per heavy atom. The smallest absolute Gasteiger partial charge is 0.326 e. The normalized spacial score (nSPS) is 47.5. The Hall–Kier alpha value is -0.570. The molecule has 74 valence electrons. The largest absolute Gasteiger partial charge is 0.464 e. The molecule has 0 spiro atoms. The minimum Gasteiger partial charge on any atom is -0.464 e. The molecular formula is C10H17NO2. The fourth-order valence-corrected chi connectivity index (χ4v) is 2.60. The fourth-order valence-electron chi connectivity index (χ4n) is 2.60. The van der Waals surface area contributed by atoms with Crippen molar-refractivity contribution in [3.05, 3.63) is 0 Å². The van der Waals surface area contributed by atoms with E-state index >= 15 is 0 Å². The number of carbonyl (C=O) groups excluding carboxylic acids is 1. The highest BCUT2D eigenvalue weighted by atomic mass is 16.5. The lowest BCUT2D eigenvalue weighted by molar-refractivity contribution is -0.173. The molecule has 3 heteroatoms. The summed E-state index contributed by atoms with van der Waals surface area (Å²) in [6, 6.07) is 0. The quantitative estimate of drug-likeness (QED) is 0.571. The fraction of sp³-hybridized carbons (Fsp3) is 0.900. The van der Waals surface area contributed by atoms with Gasteiger partial charge in [0.25, 0.3) is 0 Å². The van der Waals surface area contributed by atoms with Gasteiger partial charge in [-0.3, -0.25) is 4.79 Å². The van der Waals surface area contributed by atoms with Crippen LogP contribution in [0.3, 0.4) is 0 Å². The van der Waals surface area contributed by atoms with Crippen LogP contribution in [0.25, 0.3) is 0 Å². The number of cyclic esters (lactones) is 1. The molecule has 2 bridgehead atoms. The third-order valence-electron chi connectivity index (χ3n) is 4.58. The van der Waals surface area contributed by atoms with Crippen molar-refractivity contribution >= 4 is 5.97 Å². The first-order valence-electron chi connectivity index (χ1n) is 4.80. The van der Waals surface area contributed by atoms with Crippen molar-refractivity contribution in [3.8, 4) is 0 Å². The van der Waals surface area contributed by atoms with Crippen molar-refractivity contribution in [2.24, 2.45) is 16.6 Å². The first-order valence-corrected chi connectivity index (χ1v) is 4.80. The zero-order chi connectivity index (χ0) is 9.91. The van der Waals surface area contributed by atoms with Crippen LogP contribution < -0.4 is 5.73 Å². The average molecular weight is 183 g/mol. The van der Waals surface area contributed by atoms with Gasteiger partial charge in [0.2, 0.25) is 0 Å². The molecule has 2 aliphatic rings. The number of ether oxygens (including phenoxy) is 1. The number of rotatable bonds is 0. The Morgan fingerprint density at radius 3 is 2.46 bits per heavy atom. The molecule has 3 nitrogen and oxygen atoms in total. The number of esters is 1. The van der Waals surface area contributed by atoms with E-state index in [9.17, 15) is 4.79 Å². The van der Waals surface area contributed by atoms with Crippen molar-refractivity contribution < 1.29 is 9.53 Å². The molecule has 2 rings (SSSR count). The summed E-state index contributed by atoms with van der Waals surface area (Å²) >= 11 is 0. The Morgan fingerprint density at radius 2 is 1.92 bits per heavy atom. The molecule has 0 unspecified atom stereocenters. The van der Waals surface area contributed by atoms with E-state index in [0.29, 0.717) is 6.61 Å². The van der Waals surface area contributed by atoms with Crippen molar-refractivity contribution in [2.45, 2.75) is 39.2 Å². The molecule has 1 aliphatic heterocycles. The standard InChI is InChI=1S/C10H17NO2/c1-8(2)9(3)4-5-10(8,11)7(12)13-6-9/h4-6,11H2,1-3H3/t9-,10-/m0/s1. The van der Waals surface area contributed by atoms with Gasteiger partial charge in [-0.05, 0) is 12.8 Å². The highest BCUT2D eigenvalue weighted by Crippen LogP contribution is 2.59. The van der Waals surface area contributed by atoms with Gasteiger partial charge < -0.3 is 10.5 Å². The van der Waals surface area contributed by atoms with Gasteiger partial charge in [-0.15, -0.1) is 0 Å². The summed E-state index contributed by atoms with van der Waals surface area (Å²) in [7, 11) is 0. The molecule has 0 radical (unpaired) electrons. The summed E-state index contributed by atoms with van der Waals surface area (Å²) < 4.78 is 5.14. The van der Waals surface area contributed by atoms with Gasteiger partial charge >= 0.3 is 5.97 Å². The lowest BCUT2D eigenvalue weighted by Crippen LogP contribution is -2.63. The predicted molar refractivity (Wildman–Crippen MR) is 49.0 cm³/mol. The monoisotopic (exact) mass is 183 g/mol. The Balaban J connectivity index is 2.52. The molecule has 0 amide bonds. The Bertz CT molecular complexity index is 274. The van der Waals surface area contributed by atoms with Crippen molar-refractivity contribution in [3.63, 3.8) is 0 Å². The van der Waals surface area contributed by atoms with Crippen LogP contribution in [0.4, 0.5) is 0 Å². The zero-order valence-electron chi connectivity index (χ0n) is 8.52. The minimum absolute atomic E-state index is 0.0651. The molecule has 1 aliphatic carbocycles. The third-order valence-corrected chi connectivity index (χ3v) is 4.58. The summed E-state index contributed by atoms with van der Waals surface area (Å²) in [4.78, 5) is 11.6. The molecule has 1 heterocycles. The molecule has 2 atom stereocenters. The summed E-state index contributed by atoms with van der Waals surface area (Å²) in [5, 5.41) is 0. The van der Waals surface area contributed by atoms with Gasteiger partial charge in [0, 0.05) is 10.8 Å². The van der Waals surface area contributed by atoms with Crippen LogP contribution in [0.15, 0.2) is 0 Å². The molecule has 0 aromatic rings. The van der Waals surface area contributed by atoms with E-state index in [1.807, 2.05) is 0 Å². The molecule has 2 fully saturated rings. The highest BCUT2D eigenvalue weighted by molar-refractivity contribution is 5.83. The van der Waals surface area contributed by atoms with E-state index < -0.39 is 5.54 Å². The molecule has 2 N–H and O–H groups in total. The topological polar surface area (TPSA) is 52.3 Å². The van der Waals surface area contributed by atoms with Crippen LogP contribution in [-0.4, -0.2) is 18.1 Å². The lowest BCUT2D eigenvalue weighted by Gasteiger charge is -2.49. The average Bonchev–Trinajstić information content (AvgIpc) is 2.20. The molecule has 1 saturated carbocycles. The van der Waals surface area contributed by atoms with Crippen LogP contribution in [-0.2, 0) is 9.53 Å². The van der Waals surface area contributed by atoms with Gasteiger partial charge in [0.05, 0.1) is 6.61 Å². The number of nitrogens with two attached hydrogens (primary N) is 1. The summed E-state index contributed by atoms with van der Waals surface area (Å²) in [6.07, 6.45) is 1.75. The van der Waals surface area contributed by atoms with Gasteiger partial charge in [-0.2, -0.15) is 0 Å². The van der Waals surface area contributed by atoms with E-state index in [4.69, 9.17) is 10.5 Å². The number of fused-ring (bicyclic) bond motifs is 2. The zero-order valence-corrected chi connectivity index (χ0v) is 8.52. The van der Waals surface area contributed by atoms with Crippen LogP contribution in [0.1, 0.15) is 33.6 Å². The number of hydrogen-bond acceptors (Lipinski definition) is 3. The maximum atomic E-state index is 11.6. The van der Waals surface area contributed by atoms with E-state index in [0.717, 1.165) is 12.8 Å². The first-order chi connectivity index (χ1) is 5.83. The maximum absolute atomic E-state index is 11.6. The van der Waals surface area contributed by atoms with Gasteiger partial charge in [0.15, 0.2) is 0 Å².